The number of fused-ring (bicyclic) bond motifs is 3. The summed E-state index contributed by atoms with van der Waals surface area (Å²) in [4.78, 5) is 22.8. The van der Waals surface area contributed by atoms with Crippen LogP contribution in [0.5, 0.6) is 0 Å². The largest absolute Gasteiger partial charge is 0.545 e. The lowest BCUT2D eigenvalue weighted by Gasteiger charge is -2.18. The van der Waals surface area contributed by atoms with Crippen LogP contribution in [-0.4, -0.2) is 16.6 Å². The van der Waals surface area contributed by atoms with Crippen LogP contribution in [0.4, 0.5) is 5.69 Å². The minimum absolute atomic E-state index is 0.194. The first-order chi connectivity index (χ1) is 9.43. The second-order valence-electron chi connectivity index (χ2n) is 4.71. The number of hydrogen-bond acceptors (Lipinski definition) is 5. The average molecular weight is 336 g/mol. The molecule has 0 atom stereocenters. The van der Waals surface area contributed by atoms with Gasteiger partial charge in [0.1, 0.15) is 0 Å². The van der Waals surface area contributed by atoms with Crippen molar-refractivity contribution in [3.8, 4) is 0 Å². The third kappa shape index (κ3) is 1.56. The standard InChI is InChI=1S/C13H9BrN2O4/c14-7-4-16(15)11-6-3-1-2-5(6)8(12(17)18)10(9(7)11)13(19)20/h4,15H,1-3H2,(H-,17,18,19,20)/p-1. The fourth-order valence-corrected chi connectivity index (χ4v) is 3.59. The Labute approximate surface area is 122 Å². The maximum atomic E-state index is 11.4. The Morgan fingerprint density at radius 2 is 1.75 bits per heavy atom. The minimum Gasteiger partial charge on any atom is -0.545 e. The van der Waals surface area contributed by atoms with E-state index in [1.165, 1.54) is 6.20 Å². The van der Waals surface area contributed by atoms with E-state index < -0.39 is 17.5 Å². The number of halogens is 1. The van der Waals surface area contributed by atoms with Crippen LogP contribution < -0.4 is 10.2 Å². The van der Waals surface area contributed by atoms with Crippen molar-refractivity contribution in [2.45, 2.75) is 19.3 Å². The van der Waals surface area contributed by atoms with Gasteiger partial charge in [0, 0.05) is 16.7 Å². The highest BCUT2D eigenvalue weighted by molar-refractivity contribution is 9.15. The van der Waals surface area contributed by atoms with Crippen molar-refractivity contribution in [3.05, 3.63) is 34.0 Å². The molecule has 1 N–H and O–H groups in total. The Hall–Kier alpha value is -2.02. The molecule has 20 heavy (non-hydrogen) atoms. The molecule has 1 aromatic rings. The fraction of sp³-hybridized carbons (Fsp3) is 0.231. The van der Waals surface area contributed by atoms with Gasteiger partial charge >= 0.3 is 0 Å². The number of carboxylic acid groups (broad SMARTS) is 2. The molecular weight excluding hydrogens is 328 g/mol. The number of carbonyl (C=O) groups excluding carboxylic acids is 2. The zero-order valence-corrected chi connectivity index (χ0v) is 11.7. The summed E-state index contributed by atoms with van der Waals surface area (Å²) >= 11 is 3.18. The predicted molar refractivity (Wildman–Crippen MR) is 66.7 cm³/mol. The summed E-state index contributed by atoms with van der Waals surface area (Å²) in [6.07, 6.45) is 3.21. The van der Waals surface area contributed by atoms with Crippen molar-refractivity contribution in [2.24, 2.45) is 0 Å². The normalized spacial score (nSPS) is 15.8. The van der Waals surface area contributed by atoms with Crippen LogP contribution in [0.15, 0.2) is 6.20 Å². The van der Waals surface area contributed by atoms with E-state index in [4.69, 9.17) is 5.53 Å². The molecule has 0 saturated carbocycles. The Bertz CT molecular complexity index is 737. The van der Waals surface area contributed by atoms with Crippen molar-refractivity contribution in [3.63, 3.8) is 0 Å². The zero-order chi connectivity index (χ0) is 14.6. The molecule has 1 aliphatic heterocycles. The van der Waals surface area contributed by atoms with E-state index >= 15 is 0 Å². The van der Waals surface area contributed by atoms with Gasteiger partial charge in [-0.2, -0.15) is 0 Å². The van der Waals surface area contributed by atoms with Gasteiger partial charge < -0.3 is 19.8 Å². The highest BCUT2D eigenvalue weighted by atomic mass is 79.9. The lowest BCUT2D eigenvalue weighted by Crippen LogP contribution is -2.32. The van der Waals surface area contributed by atoms with Crippen molar-refractivity contribution in [1.29, 1.82) is 5.53 Å². The molecule has 0 radical (unpaired) electrons. The molecule has 1 aliphatic carbocycles. The monoisotopic (exact) mass is 335 g/mol. The van der Waals surface area contributed by atoms with E-state index in [1.54, 1.807) is 0 Å². The average Bonchev–Trinajstić information content (AvgIpc) is 2.92. The van der Waals surface area contributed by atoms with Gasteiger partial charge in [-0.1, -0.05) is 4.70 Å². The molecule has 7 heteroatoms. The summed E-state index contributed by atoms with van der Waals surface area (Å²) in [6, 6.07) is 0. The number of carboxylic acids is 2. The molecule has 0 spiro atoms. The van der Waals surface area contributed by atoms with E-state index in [0.29, 0.717) is 34.1 Å². The van der Waals surface area contributed by atoms with Crippen LogP contribution in [-0.2, 0) is 12.8 Å². The first kappa shape index (κ1) is 13.0. The molecule has 0 bridgehead atoms. The van der Waals surface area contributed by atoms with Crippen molar-refractivity contribution in [2.75, 3.05) is 0 Å². The number of nitrogens with one attached hydrogen (secondary N) is 1. The summed E-state index contributed by atoms with van der Waals surface area (Å²) < 4.78 is 1.42. The quantitative estimate of drug-likeness (QED) is 0.783. The zero-order valence-electron chi connectivity index (χ0n) is 10.2. The minimum atomic E-state index is -1.57. The van der Waals surface area contributed by atoms with Gasteiger partial charge in [0.05, 0.1) is 22.0 Å². The molecule has 1 aromatic carbocycles. The third-order valence-corrected chi connectivity index (χ3v) is 4.27. The van der Waals surface area contributed by atoms with Crippen LogP contribution >= 0.6 is 15.9 Å². The maximum absolute atomic E-state index is 11.4. The van der Waals surface area contributed by atoms with Crippen molar-refractivity contribution < 1.29 is 24.5 Å². The van der Waals surface area contributed by atoms with Crippen LogP contribution in [0, 0.1) is 5.53 Å². The molecule has 0 aromatic heterocycles. The van der Waals surface area contributed by atoms with Crippen LogP contribution in [0.3, 0.4) is 0 Å². The second-order valence-corrected chi connectivity index (χ2v) is 5.56. The molecule has 6 nitrogen and oxygen atoms in total. The number of hydrogen-bond donors (Lipinski definition) is 1. The van der Waals surface area contributed by atoms with E-state index in [0.717, 1.165) is 11.1 Å². The first-order valence-electron chi connectivity index (χ1n) is 5.96. The van der Waals surface area contributed by atoms with E-state index in [2.05, 4.69) is 15.9 Å². The van der Waals surface area contributed by atoms with Gasteiger partial charge in [-0.25, -0.2) is 0 Å². The number of benzene rings is 1. The number of nitrogens with zero attached hydrogens (tertiary/aromatic N) is 1. The molecule has 2 aliphatic rings. The maximum Gasteiger partial charge on any atom is 0.250 e. The van der Waals surface area contributed by atoms with Crippen molar-refractivity contribution >= 4 is 38.0 Å². The predicted octanol–water partition coefficient (Wildman–Crippen LogP) is 0.284. The summed E-state index contributed by atoms with van der Waals surface area (Å²) in [5, 5.41) is 22.8. The van der Waals surface area contributed by atoms with Crippen molar-refractivity contribution in [1.82, 2.24) is 0 Å². The Morgan fingerprint density at radius 3 is 2.35 bits per heavy atom. The highest BCUT2D eigenvalue weighted by Crippen LogP contribution is 2.47. The van der Waals surface area contributed by atoms with E-state index in [1.807, 2.05) is 0 Å². The SMILES string of the molecule is N=[N+]1C=C(Br)c2c(C(=O)[O-])c(C(=O)[O-])c3c(c21)CCC3. The third-order valence-electron chi connectivity index (χ3n) is 3.67. The Balaban J connectivity index is 2.51. The van der Waals surface area contributed by atoms with Gasteiger partial charge in [0.2, 0.25) is 11.9 Å². The van der Waals surface area contributed by atoms with Gasteiger partial charge in [0.25, 0.3) is 0 Å². The molecule has 3 rings (SSSR count). The fourth-order valence-electron chi connectivity index (χ4n) is 3.00. The lowest BCUT2D eigenvalue weighted by atomic mass is 9.91. The lowest BCUT2D eigenvalue weighted by molar-refractivity contribution is -0.461. The van der Waals surface area contributed by atoms with Gasteiger partial charge in [-0.3, -0.25) is 0 Å². The molecule has 0 fully saturated rings. The molecule has 1 heterocycles. The highest BCUT2D eigenvalue weighted by Gasteiger charge is 2.38. The topological polar surface area (TPSA) is 107 Å². The van der Waals surface area contributed by atoms with Crippen LogP contribution in [0.1, 0.15) is 43.8 Å². The molecule has 0 unspecified atom stereocenters. The van der Waals surface area contributed by atoms with Gasteiger partial charge in [-0.05, 0) is 46.3 Å². The van der Waals surface area contributed by atoms with Crippen LogP contribution in [0.2, 0.25) is 0 Å². The number of aromatic carboxylic acids is 2. The van der Waals surface area contributed by atoms with Crippen LogP contribution in [0.25, 0.3) is 4.48 Å². The summed E-state index contributed by atoms with van der Waals surface area (Å²) in [5.41, 5.74) is 8.95. The second kappa shape index (κ2) is 4.24. The summed E-state index contributed by atoms with van der Waals surface area (Å²) in [6.45, 7) is 0. The first-order valence-corrected chi connectivity index (χ1v) is 6.75. The Kier molecular flexibility index (Phi) is 2.75. The summed E-state index contributed by atoms with van der Waals surface area (Å²) in [5.74, 6) is -3.09. The van der Waals surface area contributed by atoms with Gasteiger partial charge in [0.15, 0.2) is 0 Å². The van der Waals surface area contributed by atoms with E-state index in [-0.39, 0.29) is 11.1 Å². The molecule has 0 amide bonds. The van der Waals surface area contributed by atoms with E-state index in [9.17, 15) is 19.8 Å². The molecule has 102 valence electrons. The summed E-state index contributed by atoms with van der Waals surface area (Å²) in [7, 11) is 0. The molecule has 0 saturated heterocycles. The number of rotatable bonds is 2. The smallest absolute Gasteiger partial charge is 0.250 e. The Morgan fingerprint density at radius 1 is 1.15 bits per heavy atom. The number of carbonyl (C=O) groups is 2. The van der Waals surface area contributed by atoms with Gasteiger partial charge in [-0.15, -0.1) is 0 Å². The molecular formula is C13H8BrN2O4-.